The van der Waals surface area contributed by atoms with Gasteiger partial charge in [-0.05, 0) is 48.0 Å². The molecule has 1 heterocycles. The van der Waals surface area contributed by atoms with Crippen LogP contribution >= 0.6 is 11.6 Å². The van der Waals surface area contributed by atoms with Gasteiger partial charge in [-0.1, -0.05) is 23.7 Å². The average Bonchev–Trinajstić information content (AvgIpc) is 2.68. The molecule has 1 N–H and O–H groups in total. The molecular formula is C21H22ClN3O2. The zero-order chi connectivity index (χ0) is 19.2. The first kappa shape index (κ1) is 19.0. The first-order valence-electron chi connectivity index (χ1n) is 8.86. The zero-order valence-electron chi connectivity index (χ0n) is 15.2. The Morgan fingerprint density at radius 2 is 1.59 bits per heavy atom. The molecule has 1 fully saturated rings. The summed E-state index contributed by atoms with van der Waals surface area (Å²) in [5.74, 6) is -0.0628. The van der Waals surface area contributed by atoms with E-state index in [1.165, 1.54) is 6.08 Å². The molecule has 0 atom stereocenters. The van der Waals surface area contributed by atoms with Gasteiger partial charge < -0.3 is 15.1 Å². The third-order valence-corrected chi connectivity index (χ3v) is 4.77. The van der Waals surface area contributed by atoms with Crippen LogP contribution < -0.4 is 10.2 Å². The summed E-state index contributed by atoms with van der Waals surface area (Å²) in [6.45, 7) is 4.71. The van der Waals surface area contributed by atoms with Crippen molar-refractivity contribution in [2.45, 2.75) is 6.92 Å². The van der Waals surface area contributed by atoms with Crippen LogP contribution in [0.5, 0.6) is 0 Å². The largest absolute Gasteiger partial charge is 0.368 e. The second-order valence-corrected chi connectivity index (χ2v) is 6.85. The number of nitrogens with one attached hydrogen (secondary N) is 1. The molecule has 5 nitrogen and oxygen atoms in total. The van der Waals surface area contributed by atoms with Crippen LogP contribution in [-0.4, -0.2) is 42.9 Å². The summed E-state index contributed by atoms with van der Waals surface area (Å²) in [6, 6.07) is 15.0. The number of anilines is 2. The minimum atomic E-state index is -0.187. The molecule has 0 aliphatic carbocycles. The lowest BCUT2D eigenvalue weighted by Crippen LogP contribution is -2.48. The number of halogens is 1. The molecule has 6 heteroatoms. The Balaban J connectivity index is 1.53. The van der Waals surface area contributed by atoms with Gasteiger partial charge in [0.25, 0.3) is 0 Å². The molecule has 0 saturated carbocycles. The predicted molar refractivity (Wildman–Crippen MR) is 110 cm³/mol. The van der Waals surface area contributed by atoms with E-state index in [1.54, 1.807) is 25.1 Å². The van der Waals surface area contributed by atoms with E-state index in [1.807, 2.05) is 41.3 Å². The normalized spacial score (nSPS) is 14.4. The minimum absolute atomic E-state index is 0.124. The van der Waals surface area contributed by atoms with Crippen molar-refractivity contribution in [1.29, 1.82) is 0 Å². The Kier molecular flexibility index (Phi) is 6.14. The lowest BCUT2D eigenvalue weighted by Gasteiger charge is -2.35. The van der Waals surface area contributed by atoms with Gasteiger partial charge in [-0.25, -0.2) is 0 Å². The van der Waals surface area contributed by atoms with Gasteiger partial charge >= 0.3 is 0 Å². The minimum Gasteiger partial charge on any atom is -0.368 e. The summed E-state index contributed by atoms with van der Waals surface area (Å²) >= 11 is 5.85. The van der Waals surface area contributed by atoms with E-state index in [4.69, 9.17) is 11.6 Å². The van der Waals surface area contributed by atoms with Crippen LogP contribution in [-0.2, 0) is 9.59 Å². The van der Waals surface area contributed by atoms with Crippen molar-refractivity contribution in [3.05, 3.63) is 65.2 Å². The summed E-state index contributed by atoms with van der Waals surface area (Å²) in [6.07, 6.45) is 3.24. The molecule has 0 bridgehead atoms. The molecule has 2 amide bonds. The summed E-state index contributed by atoms with van der Waals surface area (Å²) in [5, 5.41) is 3.52. The quantitative estimate of drug-likeness (QED) is 0.820. The van der Waals surface area contributed by atoms with E-state index in [-0.39, 0.29) is 11.8 Å². The number of nitrogens with zero attached hydrogens (tertiary/aromatic N) is 2. The third-order valence-electron chi connectivity index (χ3n) is 4.52. The van der Waals surface area contributed by atoms with Crippen molar-refractivity contribution in [3.63, 3.8) is 0 Å². The molecule has 0 unspecified atom stereocenters. The van der Waals surface area contributed by atoms with E-state index >= 15 is 0 Å². The summed E-state index contributed by atoms with van der Waals surface area (Å²) < 4.78 is 0. The SMILES string of the molecule is CC(=O)N1CCN(c2ccc(NC(=O)/C=C/c3ccc(Cl)cc3)cc2)CC1. The highest BCUT2D eigenvalue weighted by molar-refractivity contribution is 6.30. The topological polar surface area (TPSA) is 52.7 Å². The van der Waals surface area contributed by atoms with Crippen LogP contribution in [0.2, 0.25) is 5.02 Å². The Bertz CT molecular complexity index is 824. The van der Waals surface area contributed by atoms with Crippen molar-refractivity contribution in [2.75, 3.05) is 36.4 Å². The van der Waals surface area contributed by atoms with Crippen molar-refractivity contribution < 1.29 is 9.59 Å². The van der Waals surface area contributed by atoms with Crippen LogP contribution in [0, 0.1) is 0 Å². The number of amides is 2. The molecule has 1 aliphatic heterocycles. The van der Waals surface area contributed by atoms with Crippen molar-refractivity contribution >= 4 is 40.9 Å². The molecule has 140 valence electrons. The number of carbonyl (C=O) groups excluding carboxylic acids is 2. The Hall–Kier alpha value is -2.79. The highest BCUT2D eigenvalue weighted by Crippen LogP contribution is 2.20. The van der Waals surface area contributed by atoms with Gasteiger partial charge in [0.15, 0.2) is 0 Å². The monoisotopic (exact) mass is 383 g/mol. The number of carbonyl (C=O) groups is 2. The van der Waals surface area contributed by atoms with Crippen LogP contribution in [0.15, 0.2) is 54.6 Å². The number of hydrogen-bond acceptors (Lipinski definition) is 3. The Labute approximate surface area is 164 Å². The molecule has 1 aliphatic rings. The number of benzene rings is 2. The highest BCUT2D eigenvalue weighted by atomic mass is 35.5. The van der Waals surface area contributed by atoms with Gasteiger partial charge in [0, 0.05) is 55.6 Å². The molecule has 0 aromatic heterocycles. The van der Waals surface area contributed by atoms with Crippen LogP contribution in [0.1, 0.15) is 12.5 Å². The fourth-order valence-corrected chi connectivity index (χ4v) is 3.09. The van der Waals surface area contributed by atoms with Gasteiger partial charge in [0.2, 0.25) is 11.8 Å². The molecule has 0 spiro atoms. The van der Waals surface area contributed by atoms with E-state index < -0.39 is 0 Å². The second kappa shape index (κ2) is 8.73. The second-order valence-electron chi connectivity index (χ2n) is 6.41. The van der Waals surface area contributed by atoms with Gasteiger partial charge in [-0.2, -0.15) is 0 Å². The maximum Gasteiger partial charge on any atom is 0.248 e. The number of rotatable bonds is 4. The lowest BCUT2D eigenvalue weighted by atomic mass is 10.2. The third kappa shape index (κ3) is 5.34. The van der Waals surface area contributed by atoms with Crippen molar-refractivity contribution in [2.24, 2.45) is 0 Å². The zero-order valence-corrected chi connectivity index (χ0v) is 15.9. The fraction of sp³-hybridized carbons (Fsp3) is 0.238. The summed E-state index contributed by atoms with van der Waals surface area (Å²) in [5.41, 5.74) is 2.74. The molecule has 0 radical (unpaired) electrons. The van der Waals surface area contributed by atoms with E-state index in [0.29, 0.717) is 5.02 Å². The Morgan fingerprint density at radius 3 is 2.19 bits per heavy atom. The number of hydrogen-bond donors (Lipinski definition) is 1. The molecule has 2 aromatic rings. The Morgan fingerprint density at radius 1 is 0.963 bits per heavy atom. The molecule has 3 rings (SSSR count). The maximum absolute atomic E-state index is 12.1. The standard InChI is InChI=1S/C21H22ClN3O2/c1-16(26)24-12-14-25(15-13-24)20-9-7-19(8-10-20)23-21(27)11-4-17-2-5-18(22)6-3-17/h2-11H,12-15H2,1H3,(H,23,27)/b11-4+. The van der Waals surface area contributed by atoms with Crippen LogP contribution in [0.3, 0.4) is 0 Å². The molecule has 1 saturated heterocycles. The number of piperazine rings is 1. The van der Waals surface area contributed by atoms with Crippen molar-refractivity contribution in [1.82, 2.24) is 4.90 Å². The van der Waals surface area contributed by atoms with Gasteiger partial charge in [0.05, 0.1) is 0 Å². The molecule has 2 aromatic carbocycles. The average molecular weight is 384 g/mol. The summed E-state index contributed by atoms with van der Waals surface area (Å²) in [4.78, 5) is 27.6. The smallest absolute Gasteiger partial charge is 0.248 e. The van der Waals surface area contributed by atoms with Crippen LogP contribution in [0.4, 0.5) is 11.4 Å². The first-order valence-corrected chi connectivity index (χ1v) is 9.24. The van der Waals surface area contributed by atoms with Gasteiger partial charge in [0.1, 0.15) is 0 Å². The molecular weight excluding hydrogens is 362 g/mol. The van der Waals surface area contributed by atoms with Gasteiger partial charge in [-0.15, -0.1) is 0 Å². The predicted octanol–water partition coefficient (Wildman–Crippen LogP) is 3.66. The maximum atomic E-state index is 12.1. The molecule has 27 heavy (non-hydrogen) atoms. The first-order chi connectivity index (χ1) is 13.0. The fourth-order valence-electron chi connectivity index (χ4n) is 2.96. The lowest BCUT2D eigenvalue weighted by molar-refractivity contribution is -0.129. The van der Waals surface area contributed by atoms with Gasteiger partial charge in [-0.3, -0.25) is 9.59 Å². The van der Waals surface area contributed by atoms with E-state index in [0.717, 1.165) is 43.1 Å². The highest BCUT2D eigenvalue weighted by Gasteiger charge is 2.18. The van der Waals surface area contributed by atoms with Crippen LogP contribution in [0.25, 0.3) is 6.08 Å². The summed E-state index contributed by atoms with van der Waals surface area (Å²) in [7, 11) is 0. The van der Waals surface area contributed by atoms with E-state index in [9.17, 15) is 9.59 Å². The van der Waals surface area contributed by atoms with E-state index in [2.05, 4.69) is 10.2 Å². The van der Waals surface area contributed by atoms with Crippen molar-refractivity contribution in [3.8, 4) is 0 Å².